The Morgan fingerprint density at radius 1 is 1.29 bits per heavy atom. The van der Waals surface area contributed by atoms with E-state index in [1.54, 1.807) is 6.92 Å². The van der Waals surface area contributed by atoms with Crippen molar-refractivity contribution in [3.8, 4) is 0 Å². The summed E-state index contributed by atoms with van der Waals surface area (Å²) < 4.78 is 4.68. The Bertz CT molecular complexity index is 189. The zero-order valence-electron chi connectivity index (χ0n) is 8.78. The molecule has 0 aromatic rings. The fourth-order valence-corrected chi connectivity index (χ4v) is 1.18. The number of aliphatic carboxylic acids is 1. The van der Waals surface area contributed by atoms with E-state index in [1.807, 2.05) is 6.92 Å². The number of carboxylic acid groups (broad SMARTS) is 1. The number of hydrogen-bond acceptors (Lipinski definition) is 3. The van der Waals surface area contributed by atoms with Gasteiger partial charge in [0.15, 0.2) is 5.92 Å². The van der Waals surface area contributed by atoms with Crippen LogP contribution in [0, 0.1) is 5.92 Å². The number of carbonyl (C=O) groups is 2. The van der Waals surface area contributed by atoms with Crippen LogP contribution < -0.4 is 0 Å². The predicted molar refractivity (Wildman–Crippen MR) is 51.9 cm³/mol. The molecule has 0 radical (unpaired) electrons. The van der Waals surface area contributed by atoms with Crippen LogP contribution in [0.1, 0.15) is 39.5 Å². The molecular weight excluding hydrogens is 184 g/mol. The second-order valence-corrected chi connectivity index (χ2v) is 3.14. The normalized spacial score (nSPS) is 12.1. The molecule has 1 atom stereocenters. The van der Waals surface area contributed by atoms with E-state index in [2.05, 4.69) is 4.74 Å². The van der Waals surface area contributed by atoms with Gasteiger partial charge in [-0.25, -0.2) is 0 Å². The highest BCUT2D eigenvalue weighted by Crippen LogP contribution is 2.12. The summed E-state index contributed by atoms with van der Waals surface area (Å²) in [4.78, 5) is 21.9. The number of ether oxygens (including phenoxy) is 1. The molecular formula is C10H18O4. The van der Waals surface area contributed by atoms with E-state index in [4.69, 9.17) is 5.11 Å². The van der Waals surface area contributed by atoms with Gasteiger partial charge in [-0.15, -0.1) is 0 Å². The van der Waals surface area contributed by atoms with Crippen molar-refractivity contribution < 1.29 is 19.4 Å². The maximum Gasteiger partial charge on any atom is 0.320 e. The van der Waals surface area contributed by atoms with Gasteiger partial charge >= 0.3 is 11.9 Å². The van der Waals surface area contributed by atoms with Crippen molar-refractivity contribution in [2.75, 3.05) is 6.61 Å². The topological polar surface area (TPSA) is 63.6 Å². The summed E-state index contributed by atoms with van der Waals surface area (Å²) in [6.45, 7) is 3.93. The van der Waals surface area contributed by atoms with Crippen LogP contribution in [0.3, 0.4) is 0 Å². The van der Waals surface area contributed by atoms with Gasteiger partial charge in [0.1, 0.15) is 0 Å². The van der Waals surface area contributed by atoms with Gasteiger partial charge in [-0.1, -0.05) is 26.2 Å². The Kier molecular flexibility index (Phi) is 6.80. The lowest BCUT2D eigenvalue weighted by Gasteiger charge is -2.10. The third kappa shape index (κ3) is 4.84. The van der Waals surface area contributed by atoms with Gasteiger partial charge in [-0.2, -0.15) is 0 Å². The van der Waals surface area contributed by atoms with Gasteiger partial charge in [0.2, 0.25) is 0 Å². The van der Waals surface area contributed by atoms with Crippen LogP contribution in [0.2, 0.25) is 0 Å². The van der Waals surface area contributed by atoms with Crippen LogP contribution in [-0.2, 0) is 14.3 Å². The number of esters is 1. The summed E-state index contributed by atoms with van der Waals surface area (Å²) in [6, 6.07) is 0. The van der Waals surface area contributed by atoms with Crippen molar-refractivity contribution in [3.05, 3.63) is 0 Å². The Hall–Kier alpha value is -1.06. The molecule has 0 heterocycles. The molecule has 0 aliphatic heterocycles. The molecule has 4 heteroatoms. The first-order valence-corrected chi connectivity index (χ1v) is 5.02. The number of carbonyl (C=O) groups excluding carboxylic acids is 1. The van der Waals surface area contributed by atoms with Gasteiger partial charge in [-0.3, -0.25) is 9.59 Å². The quantitative estimate of drug-likeness (QED) is 0.388. The lowest BCUT2D eigenvalue weighted by molar-refractivity contribution is -0.158. The maximum atomic E-state index is 11.2. The molecule has 0 saturated heterocycles. The number of rotatable bonds is 7. The predicted octanol–water partition coefficient (Wildman–Crippen LogP) is 1.83. The van der Waals surface area contributed by atoms with E-state index in [9.17, 15) is 9.59 Å². The second-order valence-electron chi connectivity index (χ2n) is 3.14. The van der Waals surface area contributed by atoms with Gasteiger partial charge in [0, 0.05) is 0 Å². The molecule has 0 rings (SSSR count). The number of carboxylic acids is 1. The van der Waals surface area contributed by atoms with Crippen LogP contribution in [0.5, 0.6) is 0 Å². The van der Waals surface area contributed by atoms with Crippen molar-refractivity contribution in [1.82, 2.24) is 0 Å². The molecule has 0 aliphatic rings. The number of hydrogen-bond donors (Lipinski definition) is 1. The van der Waals surface area contributed by atoms with E-state index in [0.29, 0.717) is 6.42 Å². The molecule has 0 amide bonds. The fraction of sp³-hybridized carbons (Fsp3) is 0.800. The standard InChI is InChI=1S/C10H18O4/c1-3-5-6-7-8(9(11)12)10(13)14-4-2/h8H,3-7H2,1-2H3,(H,11,12)/t8-/m1/s1. The van der Waals surface area contributed by atoms with Crippen molar-refractivity contribution in [2.24, 2.45) is 5.92 Å². The molecule has 82 valence electrons. The average Bonchev–Trinajstić information content (AvgIpc) is 2.12. The SMILES string of the molecule is CCCCC[C@H](C(=O)O)C(=O)OCC. The van der Waals surface area contributed by atoms with E-state index in [0.717, 1.165) is 19.3 Å². The first-order valence-electron chi connectivity index (χ1n) is 5.02. The number of unbranched alkanes of at least 4 members (excludes halogenated alkanes) is 2. The van der Waals surface area contributed by atoms with Crippen molar-refractivity contribution in [1.29, 1.82) is 0 Å². The first kappa shape index (κ1) is 12.9. The third-order valence-corrected chi connectivity index (χ3v) is 1.97. The van der Waals surface area contributed by atoms with E-state index in [1.165, 1.54) is 0 Å². The lowest BCUT2D eigenvalue weighted by Crippen LogP contribution is -2.25. The van der Waals surface area contributed by atoms with Gasteiger partial charge in [0.05, 0.1) is 6.61 Å². The highest BCUT2D eigenvalue weighted by molar-refractivity contribution is 5.93. The molecule has 0 bridgehead atoms. The largest absolute Gasteiger partial charge is 0.481 e. The average molecular weight is 202 g/mol. The molecule has 4 nitrogen and oxygen atoms in total. The summed E-state index contributed by atoms with van der Waals surface area (Å²) >= 11 is 0. The van der Waals surface area contributed by atoms with Crippen LogP contribution in [0.4, 0.5) is 0 Å². The summed E-state index contributed by atoms with van der Waals surface area (Å²) in [7, 11) is 0. The smallest absolute Gasteiger partial charge is 0.320 e. The Morgan fingerprint density at radius 2 is 1.93 bits per heavy atom. The fourth-order valence-electron chi connectivity index (χ4n) is 1.18. The third-order valence-electron chi connectivity index (χ3n) is 1.97. The second kappa shape index (κ2) is 7.35. The molecule has 0 saturated carbocycles. The first-order chi connectivity index (χ1) is 6.63. The lowest BCUT2D eigenvalue weighted by atomic mass is 10.0. The van der Waals surface area contributed by atoms with E-state index < -0.39 is 17.9 Å². The molecule has 0 unspecified atom stereocenters. The Morgan fingerprint density at radius 3 is 2.36 bits per heavy atom. The molecule has 1 N–H and O–H groups in total. The van der Waals surface area contributed by atoms with Crippen molar-refractivity contribution >= 4 is 11.9 Å². The van der Waals surface area contributed by atoms with Gasteiger partial charge < -0.3 is 9.84 Å². The molecule has 0 spiro atoms. The van der Waals surface area contributed by atoms with Gasteiger partial charge in [-0.05, 0) is 13.3 Å². The van der Waals surface area contributed by atoms with Crippen LogP contribution in [-0.4, -0.2) is 23.7 Å². The highest BCUT2D eigenvalue weighted by Gasteiger charge is 2.26. The molecule has 0 fully saturated rings. The molecule has 14 heavy (non-hydrogen) atoms. The maximum absolute atomic E-state index is 11.2. The minimum Gasteiger partial charge on any atom is -0.481 e. The summed E-state index contributed by atoms with van der Waals surface area (Å²) in [5.41, 5.74) is 0. The summed E-state index contributed by atoms with van der Waals surface area (Å²) in [5.74, 6) is -2.68. The molecule has 0 aliphatic carbocycles. The summed E-state index contributed by atoms with van der Waals surface area (Å²) in [5, 5.41) is 8.77. The van der Waals surface area contributed by atoms with Crippen LogP contribution in [0.15, 0.2) is 0 Å². The Balaban J connectivity index is 4.01. The van der Waals surface area contributed by atoms with Gasteiger partial charge in [0.25, 0.3) is 0 Å². The van der Waals surface area contributed by atoms with Crippen LogP contribution in [0.25, 0.3) is 0 Å². The van der Waals surface area contributed by atoms with E-state index in [-0.39, 0.29) is 6.61 Å². The molecule has 0 aromatic heterocycles. The minimum absolute atomic E-state index is 0.233. The summed E-state index contributed by atoms with van der Waals surface area (Å²) in [6.07, 6.45) is 3.09. The minimum atomic E-state index is -1.08. The van der Waals surface area contributed by atoms with Crippen LogP contribution >= 0.6 is 0 Å². The Labute approximate surface area is 84.3 Å². The van der Waals surface area contributed by atoms with Crippen molar-refractivity contribution in [3.63, 3.8) is 0 Å². The van der Waals surface area contributed by atoms with Crippen molar-refractivity contribution in [2.45, 2.75) is 39.5 Å². The zero-order chi connectivity index (χ0) is 11.0. The van der Waals surface area contributed by atoms with E-state index >= 15 is 0 Å². The zero-order valence-corrected chi connectivity index (χ0v) is 8.78. The monoisotopic (exact) mass is 202 g/mol. The highest BCUT2D eigenvalue weighted by atomic mass is 16.5. The molecule has 0 aromatic carbocycles.